The molecular formula is C48H80NO7+. The number of allylic oxidation sites excluding steroid dienone is 14. The van der Waals surface area contributed by atoms with Gasteiger partial charge in [-0.1, -0.05) is 131 Å². The summed E-state index contributed by atoms with van der Waals surface area (Å²) in [7, 11) is 5.49. The van der Waals surface area contributed by atoms with Crippen molar-refractivity contribution >= 4 is 17.9 Å². The molecule has 0 aliphatic carbocycles. The Morgan fingerprint density at radius 2 is 1.02 bits per heavy atom. The fourth-order valence-electron chi connectivity index (χ4n) is 5.68. The number of hydrogen-bond donors (Lipinski definition) is 1. The first kappa shape index (κ1) is 52.5. The van der Waals surface area contributed by atoms with Gasteiger partial charge in [-0.15, -0.1) is 0 Å². The Bertz CT molecular complexity index is 1190. The van der Waals surface area contributed by atoms with Crippen molar-refractivity contribution in [2.45, 2.75) is 161 Å². The summed E-state index contributed by atoms with van der Waals surface area (Å²) >= 11 is 0. The van der Waals surface area contributed by atoms with Crippen molar-refractivity contribution in [3.05, 3.63) is 85.1 Å². The largest absolute Gasteiger partial charge is 0.477 e. The molecule has 0 bridgehead atoms. The van der Waals surface area contributed by atoms with E-state index < -0.39 is 18.1 Å². The lowest BCUT2D eigenvalue weighted by atomic mass is 10.1. The number of quaternary nitrogens is 1. The highest BCUT2D eigenvalue weighted by Crippen LogP contribution is 2.12. The predicted molar refractivity (Wildman–Crippen MR) is 233 cm³/mol. The Morgan fingerprint density at radius 1 is 0.554 bits per heavy atom. The normalized spacial score (nSPS) is 13.8. The van der Waals surface area contributed by atoms with E-state index in [1.54, 1.807) is 0 Å². The van der Waals surface area contributed by atoms with E-state index >= 15 is 0 Å². The molecule has 1 N–H and O–H groups in total. The molecular weight excluding hydrogens is 703 g/mol. The third-order valence-electron chi connectivity index (χ3n) is 9.03. The van der Waals surface area contributed by atoms with Crippen LogP contribution in [0.1, 0.15) is 149 Å². The second-order valence-corrected chi connectivity index (χ2v) is 15.2. The standard InChI is InChI=1S/C48H79NO7/c1-6-8-10-12-14-16-18-20-21-22-23-24-25-26-27-29-31-33-35-37-39-47(51)56-44(42-54-41-40-45(48(52)53)49(3,4)5)43-55-46(50)38-36-34-32-30-28-19-17-15-13-11-9-7-2/h8,10,14-17,20-21,23-24,26-27,31,33,44-45H,6-7,9,11-13,18-19,22,25,28-30,32,34-43H2,1-5H3/p+1/b10-8+,16-14+,17-15+,21-20+,24-23+,27-26+,33-31+. The number of hydrogen-bond acceptors (Lipinski definition) is 6. The highest BCUT2D eigenvalue weighted by atomic mass is 16.6. The molecule has 0 rings (SSSR count). The monoisotopic (exact) mass is 783 g/mol. The van der Waals surface area contributed by atoms with Gasteiger partial charge in [-0.05, 0) is 83.5 Å². The molecule has 0 aliphatic rings. The van der Waals surface area contributed by atoms with Gasteiger partial charge in [0.05, 0.1) is 34.4 Å². The molecule has 56 heavy (non-hydrogen) atoms. The van der Waals surface area contributed by atoms with Crippen LogP contribution in [0.4, 0.5) is 0 Å². The third kappa shape index (κ3) is 36.2. The Kier molecular flexibility index (Phi) is 36.0. The first-order valence-electron chi connectivity index (χ1n) is 21.6. The van der Waals surface area contributed by atoms with Gasteiger partial charge in [0, 0.05) is 19.3 Å². The average Bonchev–Trinajstić information content (AvgIpc) is 3.15. The highest BCUT2D eigenvalue weighted by Gasteiger charge is 2.31. The topological polar surface area (TPSA) is 99.1 Å². The van der Waals surface area contributed by atoms with Crippen LogP contribution in [0, 0.1) is 0 Å². The first-order valence-corrected chi connectivity index (χ1v) is 21.6. The summed E-state index contributed by atoms with van der Waals surface area (Å²) in [6, 6.07) is -0.630. The summed E-state index contributed by atoms with van der Waals surface area (Å²) < 4.78 is 17.2. The second kappa shape index (κ2) is 38.4. The minimum atomic E-state index is -0.889. The Morgan fingerprint density at radius 3 is 1.55 bits per heavy atom. The maximum Gasteiger partial charge on any atom is 0.362 e. The summed E-state index contributed by atoms with van der Waals surface area (Å²) in [5, 5.41) is 9.61. The molecule has 2 unspecified atom stereocenters. The number of nitrogens with zero attached hydrogens (tertiary/aromatic N) is 1. The molecule has 0 aromatic rings. The van der Waals surface area contributed by atoms with Crippen LogP contribution in [0.15, 0.2) is 85.1 Å². The van der Waals surface area contributed by atoms with Crippen molar-refractivity contribution in [1.82, 2.24) is 0 Å². The molecule has 0 aliphatic heterocycles. The van der Waals surface area contributed by atoms with E-state index in [-0.39, 0.29) is 42.7 Å². The lowest BCUT2D eigenvalue weighted by Gasteiger charge is -2.31. The molecule has 0 saturated carbocycles. The van der Waals surface area contributed by atoms with Gasteiger partial charge < -0.3 is 23.8 Å². The quantitative estimate of drug-likeness (QED) is 0.0290. The molecule has 0 aromatic heterocycles. The predicted octanol–water partition coefficient (Wildman–Crippen LogP) is 11.7. The van der Waals surface area contributed by atoms with Gasteiger partial charge in [0.25, 0.3) is 0 Å². The van der Waals surface area contributed by atoms with Gasteiger partial charge >= 0.3 is 17.9 Å². The van der Waals surface area contributed by atoms with Crippen LogP contribution in [-0.2, 0) is 28.6 Å². The van der Waals surface area contributed by atoms with Gasteiger partial charge in [-0.2, -0.15) is 0 Å². The number of rotatable bonds is 37. The van der Waals surface area contributed by atoms with Gasteiger partial charge in [0.1, 0.15) is 6.61 Å². The van der Waals surface area contributed by atoms with Gasteiger partial charge in [0.15, 0.2) is 12.1 Å². The highest BCUT2D eigenvalue weighted by molar-refractivity contribution is 5.72. The zero-order valence-corrected chi connectivity index (χ0v) is 36.1. The van der Waals surface area contributed by atoms with Crippen LogP contribution in [-0.4, -0.2) is 80.6 Å². The molecule has 0 saturated heterocycles. The first-order chi connectivity index (χ1) is 27.1. The molecule has 8 nitrogen and oxygen atoms in total. The molecule has 2 atom stereocenters. The molecule has 0 radical (unpaired) electrons. The van der Waals surface area contributed by atoms with Crippen molar-refractivity contribution in [1.29, 1.82) is 0 Å². The number of ether oxygens (including phenoxy) is 3. The minimum absolute atomic E-state index is 0.0305. The van der Waals surface area contributed by atoms with Gasteiger partial charge in [-0.3, -0.25) is 9.59 Å². The van der Waals surface area contributed by atoms with Crippen molar-refractivity contribution in [2.24, 2.45) is 0 Å². The summed E-state index contributed by atoms with van der Waals surface area (Å²) in [4.78, 5) is 36.9. The molecule has 0 fully saturated rings. The fourth-order valence-corrected chi connectivity index (χ4v) is 5.68. The smallest absolute Gasteiger partial charge is 0.362 e. The lowest BCUT2D eigenvalue weighted by Crippen LogP contribution is -2.50. The van der Waals surface area contributed by atoms with Crippen LogP contribution in [0.25, 0.3) is 0 Å². The average molecular weight is 783 g/mol. The van der Waals surface area contributed by atoms with Crippen LogP contribution in [0.3, 0.4) is 0 Å². The lowest BCUT2D eigenvalue weighted by molar-refractivity contribution is -0.887. The van der Waals surface area contributed by atoms with Crippen molar-refractivity contribution in [3.8, 4) is 0 Å². The Hall–Kier alpha value is -3.49. The molecule has 318 valence electrons. The molecule has 8 heteroatoms. The van der Waals surface area contributed by atoms with Crippen LogP contribution in [0.2, 0.25) is 0 Å². The van der Waals surface area contributed by atoms with E-state index in [0.29, 0.717) is 19.3 Å². The van der Waals surface area contributed by atoms with Crippen LogP contribution < -0.4 is 0 Å². The third-order valence-corrected chi connectivity index (χ3v) is 9.03. The maximum atomic E-state index is 12.7. The van der Waals surface area contributed by atoms with E-state index in [1.165, 1.54) is 32.1 Å². The van der Waals surface area contributed by atoms with E-state index in [9.17, 15) is 19.5 Å². The number of carboxylic acids is 1. The Labute approximate surface area is 342 Å². The number of likely N-dealkylation sites (N-methyl/N-ethyl adjacent to an activating group) is 1. The number of unbranched alkanes of at least 4 members (excludes halogenated alkanes) is 9. The molecule has 0 spiro atoms. The summed E-state index contributed by atoms with van der Waals surface area (Å²) in [6.45, 7) is 4.50. The van der Waals surface area contributed by atoms with E-state index in [1.807, 2.05) is 21.1 Å². The molecule has 0 amide bonds. The zero-order valence-electron chi connectivity index (χ0n) is 36.1. The van der Waals surface area contributed by atoms with E-state index in [0.717, 1.165) is 77.0 Å². The number of carbonyl (C=O) groups excluding carboxylic acids is 2. The SMILES string of the molecule is CC/C=C/C/C=C/C/C=C/C/C=C/C/C=C/C/C=C/CCCC(=O)OC(COCCC(C(=O)O)[N+](C)(C)C)COC(=O)CCCCCCC/C=C/CCCCC. The van der Waals surface area contributed by atoms with E-state index in [2.05, 4.69) is 98.9 Å². The summed E-state index contributed by atoms with van der Waals surface area (Å²) in [5.41, 5.74) is 0. The van der Waals surface area contributed by atoms with Crippen molar-refractivity contribution < 1.29 is 38.2 Å². The maximum absolute atomic E-state index is 12.7. The molecule has 0 heterocycles. The number of aliphatic carboxylic acids is 1. The number of esters is 2. The van der Waals surface area contributed by atoms with Gasteiger partial charge in [0.2, 0.25) is 0 Å². The fraction of sp³-hybridized carbons (Fsp3) is 0.646. The zero-order chi connectivity index (χ0) is 41.4. The number of carboxylic acid groups (broad SMARTS) is 1. The van der Waals surface area contributed by atoms with Crippen molar-refractivity contribution in [2.75, 3.05) is 41.0 Å². The Balaban J connectivity index is 4.49. The van der Waals surface area contributed by atoms with Gasteiger partial charge in [-0.25, -0.2) is 4.79 Å². The summed E-state index contributed by atoms with van der Waals surface area (Å²) in [6.07, 6.45) is 49.2. The second-order valence-electron chi connectivity index (χ2n) is 15.2. The molecule has 0 aromatic carbocycles. The van der Waals surface area contributed by atoms with E-state index in [4.69, 9.17) is 14.2 Å². The van der Waals surface area contributed by atoms with Crippen LogP contribution in [0.5, 0.6) is 0 Å². The summed E-state index contributed by atoms with van der Waals surface area (Å²) in [5.74, 6) is -1.57. The minimum Gasteiger partial charge on any atom is -0.477 e. The number of carbonyl (C=O) groups is 3. The van der Waals surface area contributed by atoms with Crippen molar-refractivity contribution in [3.63, 3.8) is 0 Å². The van der Waals surface area contributed by atoms with Crippen LogP contribution >= 0.6 is 0 Å².